The zero-order chi connectivity index (χ0) is 28.0. The molecule has 1 heterocycles. The summed E-state index contributed by atoms with van der Waals surface area (Å²) in [6.07, 6.45) is 20.9. The average Bonchev–Trinajstić information content (AvgIpc) is 3.77. The molecule has 2 nitrogen and oxygen atoms in total. The van der Waals surface area contributed by atoms with E-state index in [0.717, 1.165) is 50.3 Å². The van der Waals surface area contributed by atoms with Gasteiger partial charge in [0.2, 0.25) is 0 Å². The Bertz CT molecular complexity index is 1050. The molecule has 0 bridgehead atoms. The van der Waals surface area contributed by atoms with Crippen LogP contribution in [0.15, 0.2) is 61.8 Å². The minimum Gasteiger partial charge on any atom is -0.310 e. The molecule has 1 aromatic carbocycles. The van der Waals surface area contributed by atoms with Gasteiger partial charge in [-0.05, 0) is 105 Å². The molecule has 3 rings (SSSR count). The summed E-state index contributed by atoms with van der Waals surface area (Å²) in [4.78, 5) is 4.98. The Labute approximate surface area is 240 Å². The van der Waals surface area contributed by atoms with Gasteiger partial charge in [0.05, 0.1) is 5.69 Å². The third-order valence-electron chi connectivity index (χ3n) is 8.49. The van der Waals surface area contributed by atoms with Gasteiger partial charge in [-0.2, -0.15) is 0 Å². The second-order valence-corrected chi connectivity index (χ2v) is 11.9. The van der Waals surface area contributed by atoms with E-state index in [1.165, 1.54) is 78.3 Å². The van der Waals surface area contributed by atoms with Gasteiger partial charge in [0, 0.05) is 18.8 Å². The van der Waals surface area contributed by atoms with Crippen LogP contribution in [0.5, 0.6) is 0 Å². The van der Waals surface area contributed by atoms with Crippen molar-refractivity contribution in [3.05, 3.63) is 89.8 Å². The van der Waals surface area contributed by atoms with E-state index in [9.17, 15) is 0 Å². The van der Waals surface area contributed by atoms with Crippen LogP contribution in [0.25, 0.3) is 11.1 Å². The van der Waals surface area contributed by atoms with E-state index >= 15 is 0 Å². The first-order chi connectivity index (χ1) is 19.0. The molecule has 2 aromatic rings. The third kappa shape index (κ3) is 10.2. The Morgan fingerprint density at radius 1 is 1.05 bits per heavy atom. The van der Waals surface area contributed by atoms with Gasteiger partial charge >= 0.3 is 0 Å². The predicted octanol–water partition coefficient (Wildman–Crippen LogP) is 10.6. The number of allylic oxidation sites excluding steroid dienone is 4. The van der Waals surface area contributed by atoms with Gasteiger partial charge in [-0.25, -0.2) is 0 Å². The van der Waals surface area contributed by atoms with Gasteiger partial charge in [0.15, 0.2) is 0 Å². The molecular weight excluding hydrogens is 472 g/mol. The molecule has 1 unspecified atom stereocenters. The number of aromatic nitrogens is 1. The van der Waals surface area contributed by atoms with Crippen LogP contribution in [0, 0.1) is 12.8 Å². The molecule has 1 fully saturated rings. The molecule has 2 heteroatoms. The fourth-order valence-electron chi connectivity index (χ4n) is 5.67. The molecule has 212 valence electrons. The van der Waals surface area contributed by atoms with Crippen molar-refractivity contribution in [2.24, 2.45) is 5.92 Å². The molecule has 1 aromatic heterocycles. The van der Waals surface area contributed by atoms with E-state index in [1.807, 2.05) is 12.2 Å². The van der Waals surface area contributed by atoms with Crippen molar-refractivity contribution >= 4 is 11.1 Å². The second kappa shape index (κ2) is 16.6. The fraction of sp³-hybridized carbons (Fsp3) is 0.541. The van der Waals surface area contributed by atoms with E-state index < -0.39 is 0 Å². The highest BCUT2D eigenvalue weighted by Gasteiger charge is 2.22. The van der Waals surface area contributed by atoms with Crippen LogP contribution in [0.4, 0.5) is 0 Å². The maximum atomic E-state index is 4.98. The molecule has 0 spiro atoms. The van der Waals surface area contributed by atoms with Gasteiger partial charge in [-0.3, -0.25) is 4.98 Å². The van der Waals surface area contributed by atoms with Crippen LogP contribution in [0.3, 0.4) is 0 Å². The van der Waals surface area contributed by atoms with Crippen LogP contribution >= 0.6 is 0 Å². The van der Waals surface area contributed by atoms with E-state index in [2.05, 4.69) is 82.7 Å². The summed E-state index contributed by atoms with van der Waals surface area (Å²) in [5.41, 5.74) is 9.48. The lowest BCUT2D eigenvalue weighted by Gasteiger charge is -2.22. The minimum atomic E-state index is 0.481. The van der Waals surface area contributed by atoms with E-state index in [0.29, 0.717) is 12.0 Å². The largest absolute Gasteiger partial charge is 0.310 e. The Morgan fingerprint density at radius 3 is 2.41 bits per heavy atom. The van der Waals surface area contributed by atoms with Crippen molar-refractivity contribution in [1.82, 2.24) is 10.3 Å². The number of rotatable bonds is 19. The summed E-state index contributed by atoms with van der Waals surface area (Å²) < 4.78 is 0. The van der Waals surface area contributed by atoms with Gasteiger partial charge < -0.3 is 5.32 Å². The Balaban J connectivity index is 1.80. The highest BCUT2D eigenvalue weighted by molar-refractivity contribution is 5.90. The van der Waals surface area contributed by atoms with Crippen LogP contribution in [-0.4, -0.2) is 11.0 Å². The topological polar surface area (TPSA) is 24.9 Å². The van der Waals surface area contributed by atoms with E-state index in [4.69, 9.17) is 4.98 Å². The smallest absolute Gasteiger partial charge is 0.0661 e. The lowest BCUT2D eigenvalue weighted by Crippen LogP contribution is -2.28. The normalized spacial score (nSPS) is 14.8. The molecule has 1 aliphatic carbocycles. The number of nitrogens with zero attached hydrogens (tertiary/aromatic N) is 1. The minimum absolute atomic E-state index is 0.481. The number of aryl methyl sites for hydroxylation is 1. The zero-order valence-corrected chi connectivity index (χ0v) is 25.4. The number of hydrogen-bond acceptors (Lipinski definition) is 2. The Morgan fingerprint density at radius 2 is 1.79 bits per heavy atom. The standard InChI is InChI=1S/C37H54N2/c1-7-10-16-33(17-11-8-2)38-26-32-22-24-37(39-27-32)30(6)35(18-12-9-3)36-25-28(4)19-23-34(36)29(5)14-13-15-31-20-21-31/h7-8,19,22-25,27,29,31,33,38H,1-2,9-18,20-21,26H2,3-6H3. The van der Waals surface area contributed by atoms with Crippen molar-refractivity contribution in [3.63, 3.8) is 0 Å². The molecule has 39 heavy (non-hydrogen) atoms. The molecule has 0 aliphatic heterocycles. The van der Waals surface area contributed by atoms with Gasteiger partial charge in [-0.1, -0.05) is 87.9 Å². The predicted molar refractivity (Wildman–Crippen MR) is 172 cm³/mol. The lowest BCUT2D eigenvalue weighted by atomic mass is 9.84. The molecular formula is C37H54N2. The summed E-state index contributed by atoms with van der Waals surface area (Å²) in [5, 5.41) is 3.74. The monoisotopic (exact) mass is 526 g/mol. The molecule has 1 saturated carbocycles. The van der Waals surface area contributed by atoms with Gasteiger partial charge in [-0.15, -0.1) is 13.2 Å². The summed E-state index contributed by atoms with van der Waals surface area (Å²) in [6.45, 7) is 17.9. The van der Waals surface area contributed by atoms with Crippen LogP contribution in [0.2, 0.25) is 0 Å². The van der Waals surface area contributed by atoms with E-state index in [-0.39, 0.29) is 0 Å². The van der Waals surface area contributed by atoms with Crippen LogP contribution < -0.4 is 5.32 Å². The SMILES string of the molecule is C=CCCC(CCC=C)NCc1ccc(C(C)=C(CCCC)c2cc(C)ccc2C(C)CCCC2CC2)nc1. The highest BCUT2D eigenvalue weighted by atomic mass is 14.9. The zero-order valence-electron chi connectivity index (χ0n) is 25.4. The van der Waals surface area contributed by atoms with Crippen molar-refractivity contribution in [3.8, 4) is 0 Å². The van der Waals surface area contributed by atoms with E-state index in [1.54, 1.807) is 0 Å². The quantitative estimate of drug-likeness (QED) is 0.184. The number of unbranched alkanes of at least 4 members (excludes halogenated alkanes) is 1. The number of hydrogen-bond donors (Lipinski definition) is 1. The lowest BCUT2D eigenvalue weighted by molar-refractivity contribution is 0.457. The molecule has 1 aliphatic rings. The first-order valence-corrected chi connectivity index (χ1v) is 15.7. The molecule has 1 atom stereocenters. The first kappa shape index (κ1) is 31.1. The van der Waals surface area contributed by atoms with Crippen LogP contribution in [0.1, 0.15) is 132 Å². The maximum absolute atomic E-state index is 4.98. The average molecular weight is 527 g/mol. The number of nitrogens with one attached hydrogen (secondary N) is 1. The molecule has 0 radical (unpaired) electrons. The summed E-state index contributed by atoms with van der Waals surface area (Å²) in [6, 6.07) is 12.1. The summed E-state index contributed by atoms with van der Waals surface area (Å²) >= 11 is 0. The van der Waals surface area contributed by atoms with Crippen molar-refractivity contribution in [2.45, 2.75) is 123 Å². The van der Waals surface area contributed by atoms with Crippen molar-refractivity contribution in [1.29, 1.82) is 0 Å². The van der Waals surface area contributed by atoms with Crippen LogP contribution in [-0.2, 0) is 6.54 Å². The molecule has 1 N–H and O–H groups in total. The van der Waals surface area contributed by atoms with Gasteiger partial charge in [0.25, 0.3) is 0 Å². The Kier molecular flexibility index (Phi) is 13.2. The second-order valence-electron chi connectivity index (χ2n) is 11.9. The summed E-state index contributed by atoms with van der Waals surface area (Å²) in [5.74, 6) is 1.60. The van der Waals surface area contributed by atoms with Gasteiger partial charge in [0.1, 0.15) is 0 Å². The Hall–Kier alpha value is -2.45. The number of benzene rings is 1. The third-order valence-corrected chi connectivity index (χ3v) is 8.49. The summed E-state index contributed by atoms with van der Waals surface area (Å²) in [7, 11) is 0. The molecule has 0 saturated heterocycles. The van der Waals surface area contributed by atoms with Crippen molar-refractivity contribution in [2.75, 3.05) is 0 Å². The maximum Gasteiger partial charge on any atom is 0.0661 e. The first-order valence-electron chi connectivity index (χ1n) is 15.7. The fourth-order valence-corrected chi connectivity index (χ4v) is 5.67. The van der Waals surface area contributed by atoms with Crippen molar-refractivity contribution < 1.29 is 0 Å². The molecule has 0 amide bonds. The number of pyridine rings is 1. The highest BCUT2D eigenvalue weighted by Crippen LogP contribution is 2.38.